The number of aromatic nitrogens is 4. The van der Waals surface area contributed by atoms with Crippen LogP contribution in [0.4, 0.5) is 5.82 Å². The lowest BCUT2D eigenvalue weighted by molar-refractivity contribution is 0.0746. The quantitative estimate of drug-likeness (QED) is 0.497. The van der Waals surface area contributed by atoms with E-state index in [1.54, 1.807) is 40.2 Å². The molecular weight excluding hydrogens is 404 g/mol. The van der Waals surface area contributed by atoms with Gasteiger partial charge in [-0.25, -0.2) is 9.97 Å². The summed E-state index contributed by atoms with van der Waals surface area (Å²) < 4.78 is 1.68. The van der Waals surface area contributed by atoms with Gasteiger partial charge in [0.15, 0.2) is 11.5 Å². The standard InChI is InChI=1S/C24H22N6O2/c31-23(19-8-4-10-25-16-19)29-14-12-28(13-15-29)22-24(32)30(17-18-6-2-1-3-7-18)21-20(27-22)9-5-11-26-21/h1-11,16H,12-15,17H2. The molecule has 0 atom stereocenters. The minimum absolute atomic E-state index is 0.0464. The summed E-state index contributed by atoms with van der Waals surface area (Å²) in [6.45, 7) is 2.51. The van der Waals surface area contributed by atoms with Crippen LogP contribution in [-0.4, -0.2) is 56.5 Å². The van der Waals surface area contributed by atoms with Gasteiger partial charge in [-0.1, -0.05) is 30.3 Å². The summed E-state index contributed by atoms with van der Waals surface area (Å²) in [6.07, 6.45) is 4.90. The lowest BCUT2D eigenvalue weighted by atomic mass is 10.2. The number of anilines is 1. The first-order valence-electron chi connectivity index (χ1n) is 10.5. The highest BCUT2D eigenvalue weighted by Crippen LogP contribution is 2.17. The van der Waals surface area contributed by atoms with Gasteiger partial charge >= 0.3 is 0 Å². The van der Waals surface area contributed by atoms with Crippen LogP contribution in [0.5, 0.6) is 0 Å². The summed E-state index contributed by atoms with van der Waals surface area (Å²) in [7, 11) is 0. The Morgan fingerprint density at radius 2 is 1.69 bits per heavy atom. The van der Waals surface area contributed by atoms with Crippen LogP contribution in [0, 0.1) is 0 Å². The Balaban J connectivity index is 1.43. The van der Waals surface area contributed by atoms with E-state index >= 15 is 0 Å². The molecule has 1 aromatic carbocycles. The van der Waals surface area contributed by atoms with E-state index in [1.807, 2.05) is 47.4 Å². The van der Waals surface area contributed by atoms with Crippen molar-refractivity contribution in [3.8, 4) is 0 Å². The third-order valence-electron chi connectivity index (χ3n) is 5.64. The number of carbonyl (C=O) groups excluding carboxylic acids is 1. The largest absolute Gasteiger partial charge is 0.348 e. The molecule has 3 aromatic heterocycles. The van der Waals surface area contributed by atoms with Gasteiger partial charge in [-0.3, -0.25) is 19.1 Å². The minimum atomic E-state index is -0.174. The fraction of sp³-hybridized carbons (Fsp3) is 0.208. The highest BCUT2D eigenvalue weighted by molar-refractivity contribution is 5.94. The zero-order chi connectivity index (χ0) is 21.9. The van der Waals surface area contributed by atoms with Crippen molar-refractivity contribution in [1.29, 1.82) is 0 Å². The van der Waals surface area contributed by atoms with E-state index in [2.05, 4.69) is 15.0 Å². The molecule has 32 heavy (non-hydrogen) atoms. The molecule has 0 spiro atoms. The van der Waals surface area contributed by atoms with Crippen molar-refractivity contribution in [1.82, 2.24) is 24.4 Å². The summed E-state index contributed by atoms with van der Waals surface area (Å²) in [5.74, 6) is 0.352. The van der Waals surface area contributed by atoms with E-state index < -0.39 is 0 Å². The Hall–Kier alpha value is -4.07. The first-order chi connectivity index (χ1) is 15.7. The van der Waals surface area contributed by atoms with Crippen molar-refractivity contribution in [2.45, 2.75) is 6.54 Å². The second-order valence-electron chi connectivity index (χ2n) is 7.68. The maximum Gasteiger partial charge on any atom is 0.295 e. The van der Waals surface area contributed by atoms with Crippen molar-refractivity contribution < 1.29 is 4.79 Å². The van der Waals surface area contributed by atoms with Gasteiger partial charge in [-0.2, -0.15) is 0 Å². The normalized spacial score (nSPS) is 14.0. The molecule has 0 N–H and O–H groups in total. The third-order valence-corrected chi connectivity index (χ3v) is 5.64. The molecule has 1 saturated heterocycles. The number of amides is 1. The lowest BCUT2D eigenvalue weighted by Crippen LogP contribution is -2.50. The van der Waals surface area contributed by atoms with Gasteiger partial charge in [0.2, 0.25) is 0 Å². The number of hydrogen-bond acceptors (Lipinski definition) is 6. The van der Waals surface area contributed by atoms with E-state index in [9.17, 15) is 9.59 Å². The van der Waals surface area contributed by atoms with Gasteiger partial charge in [0.05, 0.1) is 12.1 Å². The Morgan fingerprint density at radius 1 is 0.906 bits per heavy atom. The second kappa shape index (κ2) is 8.58. The highest BCUT2D eigenvalue weighted by atomic mass is 16.2. The predicted octanol–water partition coefficient (Wildman–Crippen LogP) is 2.20. The number of nitrogens with zero attached hydrogens (tertiary/aromatic N) is 6. The molecule has 0 unspecified atom stereocenters. The van der Waals surface area contributed by atoms with Crippen molar-refractivity contribution in [2.75, 3.05) is 31.1 Å². The topological polar surface area (TPSA) is 84.2 Å². The van der Waals surface area contributed by atoms with Crippen molar-refractivity contribution in [3.63, 3.8) is 0 Å². The van der Waals surface area contributed by atoms with Crippen LogP contribution in [0.2, 0.25) is 0 Å². The first-order valence-corrected chi connectivity index (χ1v) is 10.5. The molecule has 4 aromatic rings. The van der Waals surface area contributed by atoms with Gasteiger partial charge in [0.25, 0.3) is 11.5 Å². The number of piperazine rings is 1. The average molecular weight is 426 g/mol. The van der Waals surface area contributed by atoms with Crippen LogP contribution in [0.25, 0.3) is 11.2 Å². The van der Waals surface area contributed by atoms with Gasteiger partial charge in [0.1, 0.15) is 5.52 Å². The molecule has 1 aliphatic rings. The Kier molecular flexibility index (Phi) is 5.33. The smallest absolute Gasteiger partial charge is 0.295 e. The number of fused-ring (bicyclic) bond motifs is 1. The van der Waals surface area contributed by atoms with E-state index in [1.165, 1.54) is 0 Å². The third kappa shape index (κ3) is 3.82. The first kappa shape index (κ1) is 19.9. The SMILES string of the molecule is O=C(c1cccnc1)N1CCN(c2nc3cccnc3n(Cc3ccccc3)c2=O)CC1. The van der Waals surface area contributed by atoms with Gasteiger partial charge < -0.3 is 9.80 Å². The molecule has 8 heteroatoms. The fourth-order valence-corrected chi connectivity index (χ4v) is 3.97. The number of benzene rings is 1. The molecule has 1 aliphatic heterocycles. The zero-order valence-electron chi connectivity index (χ0n) is 17.5. The summed E-state index contributed by atoms with van der Waals surface area (Å²) >= 11 is 0. The lowest BCUT2D eigenvalue weighted by Gasteiger charge is -2.35. The number of hydrogen-bond donors (Lipinski definition) is 0. The molecular formula is C24H22N6O2. The number of pyridine rings is 2. The van der Waals surface area contributed by atoms with E-state index in [0.717, 1.165) is 5.56 Å². The summed E-state index contributed by atoms with van der Waals surface area (Å²) in [5, 5.41) is 0. The van der Waals surface area contributed by atoms with E-state index in [4.69, 9.17) is 0 Å². The van der Waals surface area contributed by atoms with Crippen molar-refractivity contribution in [3.05, 3.63) is 94.7 Å². The van der Waals surface area contributed by atoms with Crippen LogP contribution in [-0.2, 0) is 6.54 Å². The predicted molar refractivity (Wildman–Crippen MR) is 122 cm³/mol. The minimum Gasteiger partial charge on any atom is -0.348 e. The van der Waals surface area contributed by atoms with Crippen LogP contribution >= 0.6 is 0 Å². The molecule has 0 radical (unpaired) electrons. The molecule has 8 nitrogen and oxygen atoms in total. The van der Waals surface area contributed by atoms with Gasteiger partial charge in [-0.05, 0) is 29.8 Å². The molecule has 1 fully saturated rings. The van der Waals surface area contributed by atoms with Crippen LogP contribution in [0.15, 0.2) is 78.0 Å². The molecule has 5 rings (SSSR count). The molecule has 4 heterocycles. The maximum absolute atomic E-state index is 13.5. The fourth-order valence-electron chi connectivity index (χ4n) is 3.97. The molecule has 0 bridgehead atoms. The monoisotopic (exact) mass is 426 g/mol. The molecule has 0 saturated carbocycles. The van der Waals surface area contributed by atoms with Crippen LogP contribution in [0.1, 0.15) is 15.9 Å². The van der Waals surface area contributed by atoms with Crippen molar-refractivity contribution >= 4 is 22.9 Å². The Bertz CT molecular complexity index is 1300. The zero-order valence-corrected chi connectivity index (χ0v) is 17.5. The van der Waals surface area contributed by atoms with Crippen molar-refractivity contribution in [2.24, 2.45) is 0 Å². The molecule has 1 amide bonds. The summed E-state index contributed by atoms with van der Waals surface area (Å²) in [4.78, 5) is 43.0. The van der Waals surface area contributed by atoms with E-state index in [0.29, 0.717) is 55.3 Å². The van der Waals surface area contributed by atoms with Gasteiger partial charge in [-0.15, -0.1) is 0 Å². The summed E-state index contributed by atoms with van der Waals surface area (Å²) in [5.41, 5.74) is 2.65. The highest BCUT2D eigenvalue weighted by Gasteiger charge is 2.25. The molecule has 160 valence electrons. The Labute approximate surface area is 184 Å². The number of carbonyl (C=O) groups is 1. The van der Waals surface area contributed by atoms with Crippen LogP contribution in [0.3, 0.4) is 0 Å². The number of rotatable bonds is 4. The molecule has 0 aliphatic carbocycles. The van der Waals surface area contributed by atoms with Gasteiger partial charge in [0, 0.05) is 44.8 Å². The van der Waals surface area contributed by atoms with E-state index in [-0.39, 0.29) is 11.5 Å². The Morgan fingerprint density at radius 3 is 2.44 bits per heavy atom. The second-order valence-corrected chi connectivity index (χ2v) is 7.68. The summed E-state index contributed by atoms with van der Waals surface area (Å²) in [6, 6.07) is 17.1. The maximum atomic E-state index is 13.5. The average Bonchev–Trinajstić information content (AvgIpc) is 2.86. The van der Waals surface area contributed by atoms with Crippen LogP contribution < -0.4 is 10.5 Å².